The van der Waals surface area contributed by atoms with Gasteiger partial charge in [-0.25, -0.2) is 0 Å². The first-order valence-corrected chi connectivity index (χ1v) is 6.98. The van der Waals surface area contributed by atoms with Gasteiger partial charge in [0.15, 0.2) is 11.5 Å². The van der Waals surface area contributed by atoms with Gasteiger partial charge in [-0.3, -0.25) is 0 Å². The third-order valence-corrected chi connectivity index (χ3v) is 3.69. The van der Waals surface area contributed by atoms with Crippen molar-refractivity contribution in [3.63, 3.8) is 0 Å². The van der Waals surface area contributed by atoms with Crippen LogP contribution in [0.3, 0.4) is 0 Å². The van der Waals surface area contributed by atoms with E-state index in [4.69, 9.17) is 25.8 Å². The minimum absolute atomic E-state index is 0.510. The summed E-state index contributed by atoms with van der Waals surface area (Å²) in [6.45, 7) is 1.06. The van der Waals surface area contributed by atoms with E-state index in [-0.39, 0.29) is 0 Å². The molecule has 0 amide bonds. The standard InChI is InChI=1S/C16H15ClO4/c1-19-14-8-10(2-4-12(14)17)16(18)11-3-5-13-15(9-11)21-7-6-20-13/h2-5,8-9,16,18H,6-7H2,1H3. The Balaban J connectivity index is 1.92. The van der Waals surface area contributed by atoms with Crippen molar-refractivity contribution < 1.29 is 19.3 Å². The van der Waals surface area contributed by atoms with Gasteiger partial charge in [0.2, 0.25) is 0 Å². The molecule has 1 unspecified atom stereocenters. The highest BCUT2D eigenvalue weighted by Gasteiger charge is 2.17. The van der Waals surface area contributed by atoms with Crippen molar-refractivity contribution in [1.29, 1.82) is 0 Å². The Morgan fingerprint density at radius 3 is 2.48 bits per heavy atom. The number of hydrogen-bond donors (Lipinski definition) is 1. The predicted molar refractivity (Wildman–Crippen MR) is 79.5 cm³/mol. The summed E-state index contributed by atoms with van der Waals surface area (Å²) in [5.41, 5.74) is 1.43. The van der Waals surface area contributed by atoms with Crippen molar-refractivity contribution in [2.75, 3.05) is 20.3 Å². The lowest BCUT2D eigenvalue weighted by Gasteiger charge is -2.20. The number of hydrogen-bond acceptors (Lipinski definition) is 4. The van der Waals surface area contributed by atoms with Crippen LogP contribution in [0.25, 0.3) is 0 Å². The highest BCUT2D eigenvalue weighted by molar-refractivity contribution is 6.32. The van der Waals surface area contributed by atoms with Crippen LogP contribution >= 0.6 is 11.6 Å². The van der Waals surface area contributed by atoms with Crippen LogP contribution in [-0.2, 0) is 0 Å². The fourth-order valence-corrected chi connectivity index (χ4v) is 2.46. The molecule has 3 rings (SSSR count). The molecule has 0 spiro atoms. The molecule has 0 aliphatic carbocycles. The van der Waals surface area contributed by atoms with Crippen LogP contribution < -0.4 is 14.2 Å². The maximum absolute atomic E-state index is 10.5. The van der Waals surface area contributed by atoms with Gasteiger partial charge < -0.3 is 19.3 Å². The number of benzene rings is 2. The van der Waals surface area contributed by atoms with Crippen molar-refractivity contribution in [3.8, 4) is 17.2 Å². The molecule has 1 aliphatic rings. The molecule has 0 aromatic heterocycles. The van der Waals surface area contributed by atoms with E-state index in [0.29, 0.717) is 41.0 Å². The first-order chi connectivity index (χ1) is 10.2. The maximum atomic E-state index is 10.5. The quantitative estimate of drug-likeness (QED) is 0.946. The van der Waals surface area contributed by atoms with Gasteiger partial charge in [-0.1, -0.05) is 23.7 Å². The molecule has 2 aromatic carbocycles. The number of halogens is 1. The van der Waals surface area contributed by atoms with Crippen LogP contribution in [0.5, 0.6) is 17.2 Å². The lowest BCUT2D eigenvalue weighted by molar-refractivity contribution is 0.169. The summed E-state index contributed by atoms with van der Waals surface area (Å²) in [5.74, 6) is 1.88. The summed E-state index contributed by atoms with van der Waals surface area (Å²) < 4.78 is 16.2. The topological polar surface area (TPSA) is 47.9 Å². The first-order valence-electron chi connectivity index (χ1n) is 6.60. The van der Waals surface area contributed by atoms with Gasteiger partial charge >= 0.3 is 0 Å². The minimum atomic E-state index is -0.785. The Labute approximate surface area is 127 Å². The SMILES string of the molecule is COc1cc(C(O)c2ccc3c(c2)OCCO3)ccc1Cl. The number of fused-ring (bicyclic) bond motifs is 1. The van der Waals surface area contributed by atoms with E-state index < -0.39 is 6.10 Å². The second-order valence-electron chi connectivity index (χ2n) is 4.70. The van der Waals surface area contributed by atoms with Crippen LogP contribution in [-0.4, -0.2) is 25.4 Å². The number of aliphatic hydroxyl groups is 1. The Hall–Kier alpha value is -1.91. The molecule has 0 saturated carbocycles. The highest BCUT2D eigenvalue weighted by Crippen LogP contribution is 2.35. The normalized spacial score (nSPS) is 14.6. The number of methoxy groups -OCH3 is 1. The Bertz CT molecular complexity index is 657. The number of ether oxygens (including phenoxy) is 3. The molecule has 1 heterocycles. The lowest BCUT2D eigenvalue weighted by Crippen LogP contribution is -2.15. The Kier molecular flexibility index (Phi) is 3.90. The average molecular weight is 307 g/mol. The number of aliphatic hydroxyl groups excluding tert-OH is 1. The fraction of sp³-hybridized carbons (Fsp3) is 0.250. The van der Waals surface area contributed by atoms with Gasteiger partial charge in [-0.2, -0.15) is 0 Å². The second kappa shape index (κ2) is 5.84. The molecule has 0 fully saturated rings. The van der Waals surface area contributed by atoms with E-state index in [9.17, 15) is 5.11 Å². The Morgan fingerprint density at radius 1 is 1.05 bits per heavy atom. The van der Waals surface area contributed by atoms with E-state index in [2.05, 4.69) is 0 Å². The summed E-state index contributed by atoms with van der Waals surface area (Å²) >= 11 is 6.00. The monoisotopic (exact) mass is 306 g/mol. The molecule has 0 radical (unpaired) electrons. The van der Waals surface area contributed by atoms with Crippen molar-refractivity contribution in [1.82, 2.24) is 0 Å². The van der Waals surface area contributed by atoms with E-state index in [1.807, 2.05) is 6.07 Å². The molecule has 5 heteroatoms. The third kappa shape index (κ3) is 2.77. The Morgan fingerprint density at radius 2 is 1.71 bits per heavy atom. The molecule has 1 aliphatic heterocycles. The summed E-state index contributed by atoms with van der Waals surface area (Å²) in [6, 6.07) is 10.6. The minimum Gasteiger partial charge on any atom is -0.495 e. The smallest absolute Gasteiger partial charge is 0.161 e. The summed E-state index contributed by atoms with van der Waals surface area (Å²) in [5, 5.41) is 11.0. The lowest BCUT2D eigenvalue weighted by atomic mass is 10.0. The largest absolute Gasteiger partial charge is 0.495 e. The van der Waals surface area contributed by atoms with Gasteiger partial charge in [-0.05, 0) is 35.4 Å². The molecule has 0 bridgehead atoms. The molecular weight excluding hydrogens is 292 g/mol. The van der Waals surface area contributed by atoms with Gasteiger partial charge in [0.05, 0.1) is 12.1 Å². The summed E-state index contributed by atoms with van der Waals surface area (Å²) in [7, 11) is 1.54. The van der Waals surface area contributed by atoms with Crippen molar-refractivity contribution in [3.05, 3.63) is 52.5 Å². The van der Waals surface area contributed by atoms with Crippen LogP contribution in [0.15, 0.2) is 36.4 Å². The van der Waals surface area contributed by atoms with E-state index in [1.165, 1.54) is 0 Å². The summed E-state index contributed by atoms with van der Waals surface area (Å²) in [4.78, 5) is 0. The number of rotatable bonds is 3. The molecular formula is C16H15ClO4. The third-order valence-electron chi connectivity index (χ3n) is 3.37. The van der Waals surface area contributed by atoms with Crippen LogP contribution in [0.1, 0.15) is 17.2 Å². The van der Waals surface area contributed by atoms with Crippen molar-refractivity contribution in [2.45, 2.75) is 6.10 Å². The van der Waals surface area contributed by atoms with Crippen molar-refractivity contribution >= 4 is 11.6 Å². The first kappa shape index (κ1) is 14.0. The van der Waals surface area contributed by atoms with Gasteiger partial charge in [0.1, 0.15) is 25.1 Å². The average Bonchev–Trinajstić information content (AvgIpc) is 2.54. The molecule has 4 nitrogen and oxygen atoms in total. The molecule has 2 aromatic rings. The zero-order valence-corrected chi connectivity index (χ0v) is 12.3. The highest BCUT2D eigenvalue weighted by atomic mass is 35.5. The molecule has 1 N–H and O–H groups in total. The van der Waals surface area contributed by atoms with Gasteiger partial charge in [0.25, 0.3) is 0 Å². The maximum Gasteiger partial charge on any atom is 0.161 e. The summed E-state index contributed by atoms with van der Waals surface area (Å²) in [6.07, 6.45) is -0.785. The van der Waals surface area contributed by atoms with E-state index in [0.717, 1.165) is 5.56 Å². The zero-order chi connectivity index (χ0) is 14.8. The second-order valence-corrected chi connectivity index (χ2v) is 5.11. The molecule has 0 saturated heterocycles. The predicted octanol–water partition coefficient (Wildman–Crippen LogP) is 3.20. The van der Waals surface area contributed by atoms with Gasteiger partial charge in [-0.15, -0.1) is 0 Å². The molecule has 1 atom stereocenters. The molecule has 21 heavy (non-hydrogen) atoms. The van der Waals surface area contributed by atoms with Crippen LogP contribution in [0, 0.1) is 0 Å². The van der Waals surface area contributed by atoms with E-state index >= 15 is 0 Å². The van der Waals surface area contributed by atoms with Crippen LogP contribution in [0.2, 0.25) is 5.02 Å². The molecule has 110 valence electrons. The van der Waals surface area contributed by atoms with Crippen LogP contribution in [0.4, 0.5) is 0 Å². The van der Waals surface area contributed by atoms with E-state index in [1.54, 1.807) is 37.4 Å². The van der Waals surface area contributed by atoms with Gasteiger partial charge in [0, 0.05) is 0 Å². The van der Waals surface area contributed by atoms with Crippen molar-refractivity contribution in [2.24, 2.45) is 0 Å². The fourth-order valence-electron chi connectivity index (χ4n) is 2.27. The zero-order valence-electron chi connectivity index (χ0n) is 11.5.